The third kappa shape index (κ3) is 4.77. The number of carbonyl (C=O) groups excluding carboxylic acids is 1. The van der Waals surface area contributed by atoms with Crippen LogP contribution in [0, 0.1) is 0 Å². The Hall–Kier alpha value is -1.93. The lowest BCUT2D eigenvalue weighted by atomic mass is 9.88. The van der Waals surface area contributed by atoms with E-state index in [1.54, 1.807) is 0 Å². The van der Waals surface area contributed by atoms with Gasteiger partial charge in [0.2, 0.25) is 10.0 Å². The van der Waals surface area contributed by atoms with Crippen molar-refractivity contribution in [1.29, 1.82) is 0 Å². The zero-order valence-electron chi connectivity index (χ0n) is 13.4. The first-order valence-corrected chi connectivity index (χ1v) is 8.76. The summed E-state index contributed by atoms with van der Waals surface area (Å²) in [6.45, 7) is 3.63. The number of aliphatic carboxylic acids is 1. The van der Waals surface area contributed by atoms with Crippen LogP contribution in [0.4, 0.5) is 0 Å². The van der Waals surface area contributed by atoms with E-state index < -0.39 is 27.4 Å². The molecule has 0 unspecified atom stereocenters. The molecule has 1 aromatic rings. The minimum atomic E-state index is -3.56. The highest BCUT2D eigenvalue weighted by atomic mass is 32.2. The van der Waals surface area contributed by atoms with Crippen LogP contribution in [0.25, 0.3) is 0 Å². The highest BCUT2D eigenvalue weighted by Gasteiger charge is 2.31. The second-order valence-electron chi connectivity index (χ2n) is 5.24. The standard InChI is InChI=1S/C15H22N2O5S/c1-4-15(5-2,10-13(18)19)17-14(20)11-6-8-12(9-7-11)23(21,22)16-3/h6-9,16H,4-5,10H2,1-3H3,(H,17,20)(H,18,19). The van der Waals surface area contributed by atoms with Crippen LogP contribution in [0.1, 0.15) is 43.5 Å². The molecule has 0 heterocycles. The van der Waals surface area contributed by atoms with Gasteiger partial charge in [-0.05, 0) is 44.2 Å². The lowest BCUT2D eigenvalue weighted by molar-refractivity contribution is -0.138. The van der Waals surface area contributed by atoms with Gasteiger partial charge in [0.1, 0.15) is 0 Å². The minimum absolute atomic E-state index is 0.0549. The maximum absolute atomic E-state index is 12.3. The van der Waals surface area contributed by atoms with E-state index in [0.29, 0.717) is 12.8 Å². The van der Waals surface area contributed by atoms with E-state index >= 15 is 0 Å². The van der Waals surface area contributed by atoms with Crippen LogP contribution in [0.3, 0.4) is 0 Å². The molecule has 3 N–H and O–H groups in total. The van der Waals surface area contributed by atoms with Crippen LogP contribution >= 0.6 is 0 Å². The van der Waals surface area contributed by atoms with Gasteiger partial charge in [0.15, 0.2) is 0 Å². The molecule has 1 aromatic carbocycles. The Morgan fingerprint density at radius 3 is 2.04 bits per heavy atom. The van der Waals surface area contributed by atoms with Crippen molar-refractivity contribution in [3.8, 4) is 0 Å². The molecule has 0 saturated heterocycles. The van der Waals surface area contributed by atoms with Crippen LogP contribution in [0.5, 0.6) is 0 Å². The number of carbonyl (C=O) groups is 2. The number of hydrogen-bond donors (Lipinski definition) is 3. The molecule has 8 heteroatoms. The maximum atomic E-state index is 12.3. The minimum Gasteiger partial charge on any atom is -0.481 e. The van der Waals surface area contributed by atoms with E-state index in [1.807, 2.05) is 13.8 Å². The fraction of sp³-hybridized carbons (Fsp3) is 0.467. The fourth-order valence-corrected chi connectivity index (χ4v) is 2.96. The molecule has 0 aliphatic carbocycles. The second kappa shape index (κ2) is 7.56. The number of amides is 1. The van der Waals surface area contributed by atoms with Gasteiger partial charge in [-0.1, -0.05) is 13.8 Å². The quantitative estimate of drug-likeness (QED) is 0.660. The van der Waals surface area contributed by atoms with Crippen molar-refractivity contribution in [2.45, 2.75) is 43.5 Å². The second-order valence-corrected chi connectivity index (χ2v) is 7.13. The molecule has 0 fully saturated rings. The lowest BCUT2D eigenvalue weighted by Gasteiger charge is -2.31. The van der Waals surface area contributed by atoms with E-state index in [2.05, 4.69) is 10.0 Å². The average molecular weight is 342 g/mol. The molecule has 0 aliphatic rings. The van der Waals surface area contributed by atoms with Crippen LogP contribution in [-0.2, 0) is 14.8 Å². The SMILES string of the molecule is CCC(CC)(CC(=O)O)NC(=O)c1ccc(S(=O)(=O)NC)cc1. The number of benzene rings is 1. The molecule has 0 spiro atoms. The summed E-state index contributed by atoms with van der Waals surface area (Å²) in [4.78, 5) is 23.4. The van der Waals surface area contributed by atoms with Crippen molar-refractivity contribution >= 4 is 21.9 Å². The summed E-state index contributed by atoms with van der Waals surface area (Å²) < 4.78 is 25.5. The van der Waals surface area contributed by atoms with Gasteiger partial charge in [-0.25, -0.2) is 13.1 Å². The Morgan fingerprint density at radius 2 is 1.65 bits per heavy atom. The molecule has 7 nitrogen and oxygen atoms in total. The van der Waals surface area contributed by atoms with E-state index in [0.717, 1.165) is 0 Å². The van der Waals surface area contributed by atoms with Crippen LogP contribution in [-0.4, -0.2) is 38.0 Å². The van der Waals surface area contributed by atoms with Gasteiger partial charge in [-0.3, -0.25) is 9.59 Å². The van der Waals surface area contributed by atoms with Gasteiger partial charge >= 0.3 is 5.97 Å². The van der Waals surface area contributed by atoms with Crippen LogP contribution in [0.15, 0.2) is 29.2 Å². The van der Waals surface area contributed by atoms with Crippen molar-refractivity contribution < 1.29 is 23.1 Å². The third-order valence-corrected chi connectivity index (χ3v) is 5.35. The number of carboxylic acids is 1. The number of sulfonamides is 1. The summed E-state index contributed by atoms with van der Waals surface area (Å²) in [5, 5.41) is 11.8. The molecule has 1 amide bonds. The smallest absolute Gasteiger partial charge is 0.305 e. The van der Waals surface area contributed by atoms with Gasteiger partial charge < -0.3 is 10.4 Å². The number of hydrogen-bond acceptors (Lipinski definition) is 4. The summed E-state index contributed by atoms with van der Waals surface area (Å²) in [6.07, 6.45) is 0.791. The highest BCUT2D eigenvalue weighted by Crippen LogP contribution is 2.21. The lowest BCUT2D eigenvalue weighted by Crippen LogP contribution is -2.49. The number of rotatable bonds is 8. The first-order chi connectivity index (χ1) is 10.7. The summed E-state index contributed by atoms with van der Waals surface area (Å²) in [7, 11) is -2.26. The normalized spacial score (nSPS) is 12.0. The molecule has 0 bridgehead atoms. The van der Waals surface area contributed by atoms with Crippen molar-refractivity contribution in [2.24, 2.45) is 0 Å². The summed E-state index contributed by atoms with van der Waals surface area (Å²) >= 11 is 0. The Bertz CT molecular complexity index is 664. The Morgan fingerprint density at radius 1 is 1.13 bits per heavy atom. The molecule has 0 atom stereocenters. The maximum Gasteiger partial charge on any atom is 0.305 e. The molecule has 1 rings (SSSR count). The van der Waals surface area contributed by atoms with Gasteiger partial charge in [-0.15, -0.1) is 0 Å². The predicted octanol–water partition coefficient (Wildman–Crippen LogP) is 1.36. The van der Waals surface area contributed by atoms with Gasteiger partial charge in [0, 0.05) is 5.56 Å². The molecule has 0 saturated carbocycles. The Balaban J connectivity index is 2.99. The first kappa shape index (κ1) is 19.1. The predicted molar refractivity (Wildman–Crippen MR) is 85.7 cm³/mol. The molecule has 0 aliphatic heterocycles. The third-order valence-electron chi connectivity index (χ3n) is 3.92. The first-order valence-electron chi connectivity index (χ1n) is 7.27. The molecule has 128 valence electrons. The van der Waals surface area contributed by atoms with E-state index in [9.17, 15) is 18.0 Å². The zero-order valence-corrected chi connectivity index (χ0v) is 14.2. The average Bonchev–Trinajstić information content (AvgIpc) is 2.53. The topological polar surface area (TPSA) is 113 Å². The number of nitrogens with one attached hydrogen (secondary N) is 2. The largest absolute Gasteiger partial charge is 0.481 e. The monoisotopic (exact) mass is 342 g/mol. The molecule has 0 aromatic heterocycles. The highest BCUT2D eigenvalue weighted by molar-refractivity contribution is 7.89. The molecular formula is C15H22N2O5S. The van der Waals surface area contributed by atoms with Crippen molar-refractivity contribution in [1.82, 2.24) is 10.0 Å². The molecule has 0 radical (unpaired) electrons. The zero-order chi connectivity index (χ0) is 17.7. The van der Waals surface area contributed by atoms with Crippen molar-refractivity contribution in [2.75, 3.05) is 7.05 Å². The molecular weight excluding hydrogens is 320 g/mol. The van der Waals surface area contributed by atoms with E-state index in [-0.39, 0.29) is 16.9 Å². The Kier molecular flexibility index (Phi) is 6.28. The van der Waals surface area contributed by atoms with Crippen molar-refractivity contribution in [3.63, 3.8) is 0 Å². The Labute approximate surface area is 136 Å². The summed E-state index contributed by atoms with van der Waals surface area (Å²) in [5.74, 6) is -1.41. The molecule has 23 heavy (non-hydrogen) atoms. The number of carboxylic acid groups (broad SMARTS) is 1. The van der Waals surface area contributed by atoms with Gasteiger partial charge in [-0.2, -0.15) is 0 Å². The van der Waals surface area contributed by atoms with E-state index in [1.165, 1.54) is 31.3 Å². The van der Waals surface area contributed by atoms with E-state index in [4.69, 9.17) is 5.11 Å². The van der Waals surface area contributed by atoms with Gasteiger partial charge in [0.25, 0.3) is 5.91 Å². The van der Waals surface area contributed by atoms with Crippen molar-refractivity contribution in [3.05, 3.63) is 29.8 Å². The fourth-order valence-electron chi connectivity index (χ4n) is 2.23. The van der Waals surface area contributed by atoms with Crippen LogP contribution < -0.4 is 10.0 Å². The van der Waals surface area contributed by atoms with Crippen LogP contribution in [0.2, 0.25) is 0 Å². The summed E-state index contributed by atoms with van der Waals surface area (Å²) in [5.41, 5.74) is -0.546. The van der Waals surface area contributed by atoms with Gasteiger partial charge in [0.05, 0.1) is 16.9 Å². The summed E-state index contributed by atoms with van der Waals surface area (Å²) in [6, 6.07) is 5.46.